The number of amides is 1. The van der Waals surface area contributed by atoms with Crippen molar-refractivity contribution in [2.24, 2.45) is 4.99 Å². The van der Waals surface area contributed by atoms with Crippen molar-refractivity contribution in [3.05, 3.63) is 60.7 Å². The third kappa shape index (κ3) is 4.16. The smallest absolute Gasteiger partial charge is 0.434 e. The number of hydrogen-bond acceptors (Lipinski definition) is 1. The maximum atomic E-state index is 10.7. The second kappa shape index (κ2) is 6.20. The molecule has 0 spiro atoms. The number of carboxylic acid groups (broad SMARTS) is 1. The van der Waals surface area contributed by atoms with Gasteiger partial charge >= 0.3 is 6.09 Å². The molecule has 0 saturated carbocycles. The molecule has 19 heavy (non-hydrogen) atoms. The summed E-state index contributed by atoms with van der Waals surface area (Å²) in [5.74, 6) is 0.157. The van der Waals surface area contributed by atoms with E-state index in [-0.39, 0.29) is 5.96 Å². The van der Waals surface area contributed by atoms with E-state index in [0.717, 1.165) is 11.4 Å². The lowest BCUT2D eigenvalue weighted by atomic mass is 10.3. The fraction of sp³-hybridized carbons (Fsp3) is 0. The van der Waals surface area contributed by atoms with E-state index in [1.807, 2.05) is 60.7 Å². The minimum absolute atomic E-state index is 0.157. The minimum Gasteiger partial charge on any atom is -0.463 e. The van der Waals surface area contributed by atoms with Crippen LogP contribution in [0.5, 0.6) is 0 Å². The summed E-state index contributed by atoms with van der Waals surface area (Å²) in [7, 11) is 0. The summed E-state index contributed by atoms with van der Waals surface area (Å²) in [5.41, 5.74) is 1.51. The summed E-state index contributed by atoms with van der Waals surface area (Å²) >= 11 is 0. The molecule has 0 aliphatic heterocycles. The molecule has 0 fully saturated rings. The predicted molar refractivity (Wildman–Crippen MR) is 75.6 cm³/mol. The summed E-state index contributed by atoms with van der Waals surface area (Å²) in [5, 5.41) is 14.6. The number of guanidine groups is 1. The number of nitrogens with one attached hydrogen (secondary N) is 2. The molecule has 0 aromatic heterocycles. The first-order valence-electron chi connectivity index (χ1n) is 5.70. The van der Waals surface area contributed by atoms with E-state index in [9.17, 15) is 4.79 Å². The Hall–Kier alpha value is -2.82. The van der Waals surface area contributed by atoms with Crippen molar-refractivity contribution in [2.45, 2.75) is 0 Å². The lowest BCUT2D eigenvalue weighted by Gasteiger charge is -2.11. The normalized spacial score (nSPS) is 9.47. The van der Waals surface area contributed by atoms with Crippen LogP contribution >= 0.6 is 0 Å². The molecule has 0 saturated heterocycles. The number of aliphatic imine (C=N–C) groups is 1. The molecule has 0 heterocycles. The van der Waals surface area contributed by atoms with Crippen molar-refractivity contribution in [3.8, 4) is 0 Å². The minimum atomic E-state index is -1.26. The number of rotatable bonds is 2. The van der Waals surface area contributed by atoms with Gasteiger partial charge in [-0.25, -0.2) is 4.79 Å². The van der Waals surface area contributed by atoms with Crippen LogP contribution in [0.25, 0.3) is 0 Å². The van der Waals surface area contributed by atoms with E-state index in [1.165, 1.54) is 0 Å². The average molecular weight is 255 g/mol. The van der Waals surface area contributed by atoms with Gasteiger partial charge in [0.05, 0.1) is 0 Å². The van der Waals surface area contributed by atoms with Gasteiger partial charge in [0.15, 0.2) is 0 Å². The Balaban J connectivity index is 2.16. The van der Waals surface area contributed by atoms with Gasteiger partial charge in [0.25, 0.3) is 0 Å². The molecule has 2 aromatic carbocycles. The second-order valence-electron chi connectivity index (χ2n) is 3.73. The Morgan fingerprint density at radius 3 is 1.63 bits per heavy atom. The monoisotopic (exact) mass is 255 g/mol. The summed E-state index contributed by atoms with van der Waals surface area (Å²) in [6, 6.07) is 18.5. The standard InChI is InChI=1S/C14H13N3O2/c18-14(19)17-13(15-11-7-3-1-4-8-11)16-12-9-5-2-6-10-12/h1-10H,(H,18,19)(H2,15,16,17). The molecule has 0 unspecified atom stereocenters. The zero-order valence-electron chi connectivity index (χ0n) is 10.1. The van der Waals surface area contributed by atoms with E-state index >= 15 is 0 Å². The Bertz CT molecular complexity index is 524. The average Bonchev–Trinajstić information content (AvgIpc) is 2.40. The molecule has 0 aliphatic carbocycles. The van der Waals surface area contributed by atoms with Crippen LogP contribution < -0.4 is 10.6 Å². The van der Waals surface area contributed by atoms with Gasteiger partial charge in [0.1, 0.15) is 0 Å². The van der Waals surface area contributed by atoms with Crippen molar-refractivity contribution >= 4 is 23.4 Å². The van der Waals surface area contributed by atoms with Crippen LogP contribution in [0.2, 0.25) is 0 Å². The third-order valence-electron chi connectivity index (χ3n) is 2.28. The Kier molecular flexibility index (Phi) is 4.12. The van der Waals surface area contributed by atoms with Crippen LogP contribution in [0, 0.1) is 0 Å². The number of nitrogens with zero attached hydrogens (tertiary/aromatic N) is 1. The first-order chi connectivity index (χ1) is 9.24. The Morgan fingerprint density at radius 2 is 1.26 bits per heavy atom. The van der Waals surface area contributed by atoms with Gasteiger partial charge in [0.2, 0.25) is 5.96 Å². The first-order valence-corrected chi connectivity index (χ1v) is 5.70. The highest BCUT2D eigenvalue weighted by Crippen LogP contribution is 2.09. The zero-order valence-corrected chi connectivity index (χ0v) is 10.1. The zero-order chi connectivity index (χ0) is 13.5. The summed E-state index contributed by atoms with van der Waals surface area (Å²) < 4.78 is 0. The molecular formula is C14H13N3O2. The van der Waals surface area contributed by atoms with Crippen LogP contribution in [0.1, 0.15) is 0 Å². The van der Waals surface area contributed by atoms with Crippen molar-refractivity contribution in [1.29, 1.82) is 0 Å². The highest BCUT2D eigenvalue weighted by atomic mass is 16.4. The molecule has 0 bridgehead atoms. The molecule has 2 aromatic rings. The lowest BCUT2D eigenvalue weighted by Crippen LogP contribution is -2.23. The topological polar surface area (TPSA) is 73.7 Å². The van der Waals surface area contributed by atoms with Gasteiger partial charge in [-0.3, -0.25) is 0 Å². The van der Waals surface area contributed by atoms with Gasteiger partial charge in [0, 0.05) is 11.4 Å². The number of hydrogen-bond donors (Lipinski definition) is 3. The molecule has 3 N–H and O–H groups in total. The summed E-state index contributed by atoms with van der Waals surface area (Å²) in [4.78, 5) is 14.2. The van der Waals surface area contributed by atoms with Crippen molar-refractivity contribution in [3.63, 3.8) is 0 Å². The van der Waals surface area contributed by atoms with Gasteiger partial charge in [-0.2, -0.15) is 0 Å². The third-order valence-corrected chi connectivity index (χ3v) is 2.28. The Labute approximate surface area is 110 Å². The maximum Gasteiger partial charge on any atom is 0.434 e. The van der Waals surface area contributed by atoms with Crippen molar-refractivity contribution < 1.29 is 9.90 Å². The number of para-hydroxylation sites is 2. The molecule has 0 aliphatic rings. The molecule has 96 valence electrons. The van der Waals surface area contributed by atoms with E-state index in [0.29, 0.717) is 0 Å². The van der Waals surface area contributed by atoms with Crippen molar-refractivity contribution in [2.75, 3.05) is 10.6 Å². The molecule has 0 radical (unpaired) electrons. The molecular weight excluding hydrogens is 242 g/mol. The van der Waals surface area contributed by atoms with Gasteiger partial charge < -0.3 is 15.7 Å². The first kappa shape index (κ1) is 12.6. The van der Waals surface area contributed by atoms with Crippen LogP contribution in [-0.2, 0) is 0 Å². The SMILES string of the molecule is O=C(O)N=C(Nc1ccccc1)Nc1ccccc1. The highest BCUT2D eigenvalue weighted by molar-refractivity contribution is 6.07. The fourth-order valence-corrected chi connectivity index (χ4v) is 1.50. The van der Waals surface area contributed by atoms with E-state index in [4.69, 9.17) is 5.11 Å². The summed E-state index contributed by atoms with van der Waals surface area (Å²) in [6.45, 7) is 0. The number of benzene rings is 2. The molecule has 5 nitrogen and oxygen atoms in total. The van der Waals surface area contributed by atoms with Gasteiger partial charge in [-0.05, 0) is 24.3 Å². The molecule has 0 atom stereocenters. The highest BCUT2D eigenvalue weighted by Gasteiger charge is 2.03. The van der Waals surface area contributed by atoms with Gasteiger partial charge in [-0.15, -0.1) is 4.99 Å². The maximum absolute atomic E-state index is 10.7. The Morgan fingerprint density at radius 1 is 0.842 bits per heavy atom. The van der Waals surface area contributed by atoms with Crippen molar-refractivity contribution in [1.82, 2.24) is 0 Å². The quantitative estimate of drug-likeness (QED) is 0.569. The van der Waals surface area contributed by atoms with Crippen LogP contribution in [0.3, 0.4) is 0 Å². The van der Waals surface area contributed by atoms with E-state index in [2.05, 4.69) is 15.6 Å². The van der Waals surface area contributed by atoms with Gasteiger partial charge in [-0.1, -0.05) is 36.4 Å². The predicted octanol–water partition coefficient (Wildman–Crippen LogP) is 3.24. The fourth-order valence-electron chi connectivity index (χ4n) is 1.50. The number of anilines is 2. The molecule has 1 amide bonds. The van der Waals surface area contributed by atoms with E-state index < -0.39 is 6.09 Å². The van der Waals surface area contributed by atoms with Crippen LogP contribution in [0.15, 0.2) is 65.7 Å². The van der Waals surface area contributed by atoms with Crippen LogP contribution in [0.4, 0.5) is 16.2 Å². The summed E-state index contributed by atoms with van der Waals surface area (Å²) in [6.07, 6.45) is -1.26. The molecule has 5 heteroatoms. The van der Waals surface area contributed by atoms with E-state index in [1.54, 1.807) is 0 Å². The lowest BCUT2D eigenvalue weighted by molar-refractivity contribution is 0.205. The largest absolute Gasteiger partial charge is 0.463 e. The molecule has 2 rings (SSSR count). The van der Waals surface area contributed by atoms with Crippen LogP contribution in [-0.4, -0.2) is 17.2 Å². The second-order valence-corrected chi connectivity index (χ2v) is 3.73. The number of carbonyl (C=O) groups is 1.